The minimum Gasteiger partial charge on any atom is -0.474 e. The van der Waals surface area contributed by atoms with E-state index in [2.05, 4.69) is 30.9 Å². The Labute approximate surface area is 88.1 Å². The Hall–Kier alpha value is -0.700. The standard InChI is InChI=1S/C11H24N2O/c1-10(14-11(2,3)4)12-8-7-9-13(5)6/h12H,1,7-9H2,2-6H3. The summed E-state index contributed by atoms with van der Waals surface area (Å²) in [6.45, 7) is 11.8. The average molecular weight is 200 g/mol. The van der Waals surface area contributed by atoms with Crippen molar-refractivity contribution < 1.29 is 4.74 Å². The topological polar surface area (TPSA) is 24.5 Å². The molecule has 0 spiro atoms. The van der Waals surface area contributed by atoms with Gasteiger partial charge in [-0.05, 0) is 54.4 Å². The van der Waals surface area contributed by atoms with Crippen LogP contribution in [0.3, 0.4) is 0 Å². The summed E-state index contributed by atoms with van der Waals surface area (Å²) in [6.07, 6.45) is 1.10. The summed E-state index contributed by atoms with van der Waals surface area (Å²) in [7, 11) is 4.14. The molecule has 0 atom stereocenters. The molecule has 0 rings (SSSR count). The summed E-state index contributed by atoms with van der Waals surface area (Å²) in [5, 5.41) is 3.15. The highest BCUT2D eigenvalue weighted by Gasteiger charge is 2.11. The molecule has 3 heteroatoms. The normalized spacial score (nSPS) is 11.6. The molecule has 0 radical (unpaired) electrons. The minimum atomic E-state index is -0.161. The van der Waals surface area contributed by atoms with Gasteiger partial charge in [-0.15, -0.1) is 0 Å². The molecule has 0 aliphatic carbocycles. The number of hydrogen-bond donors (Lipinski definition) is 1. The summed E-state index contributed by atoms with van der Waals surface area (Å²) >= 11 is 0. The number of hydrogen-bond acceptors (Lipinski definition) is 3. The maximum absolute atomic E-state index is 5.53. The molecule has 0 aliphatic rings. The third kappa shape index (κ3) is 9.39. The van der Waals surface area contributed by atoms with Crippen molar-refractivity contribution in [2.45, 2.75) is 32.8 Å². The van der Waals surface area contributed by atoms with E-state index < -0.39 is 0 Å². The van der Waals surface area contributed by atoms with Gasteiger partial charge in [0, 0.05) is 6.54 Å². The van der Waals surface area contributed by atoms with Crippen molar-refractivity contribution in [2.24, 2.45) is 0 Å². The van der Waals surface area contributed by atoms with E-state index in [0.717, 1.165) is 19.5 Å². The van der Waals surface area contributed by atoms with Gasteiger partial charge in [-0.1, -0.05) is 0 Å². The molecule has 0 aromatic heterocycles. The van der Waals surface area contributed by atoms with Crippen molar-refractivity contribution >= 4 is 0 Å². The molecule has 0 amide bonds. The van der Waals surface area contributed by atoms with Crippen LogP contribution in [0.5, 0.6) is 0 Å². The fourth-order valence-corrected chi connectivity index (χ4v) is 1.03. The van der Waals surface area contributed by atoms with Crippen LogP contribution in [0, 0.1) is 0 Å². The van der Waals surface area contributed by atoms with Gasteiger partial charge in [0.1, 0.15) is 5.60 Å². The lowest BCUT2D eigenvalue weighted by Gasteiger charge is -2.23. The van der Waals surface area contributed by atoms with Crippen LogP contribution in [0.2, 0.25) is 0 Å². The summed E-state index contributed by atoms with van der Waals surface area (Å²) in [5.74, 6) is 0.663. The van der Waals surface area contributed by atoms with Crippen molar-refractivity contribution in [2.75, 3.05) is 27.2 Å². The van der Waals surface area contributed by atoms with Crippen LogP contribution >= 0.6 is 0 Å². The number of rotatable bonds is 6. The second-order valence-corrected chi connectivity index (χ2v) is 4.72. The van der Waals surface area contributed by atoms with Gasteiger partial charge in [-0.25, -0.2) is 0 Å². The van der Waals surface area contributed by atoms with E-state index in [0.29, 0.717) is 5.88 Å². The van der Waals surface area contributed by atoms with E-state index in [1.165, 1.54) is 0 Å². The molecule has 0 bridgehead atoms. The van der Waals surface area contributed by atoms with E-state index >= 15 is 0 Å². The van der Waals surface area contributed by atoms with Crippen molar-refractivity contribution in [3.05, 3.63) is 12.5 Å². The number of nitrogens with one attached hydrogen (secondary N) is 1. The smallest absolute Gasteiger partial charge is 0.179 e. The van der Waals surface area contributed by atoms with Gasteiger partial charge < -0.3 is 15.0 Å². The first kappa shape index (κ1) is 13.3. The molecule has 0 saturated heterocycles. The third-order valence-corrected chi connectivity index (χ3v) is 1.53. The van der Waals surface area contributed by atoms with Gasteiger partial charge in [-0.2, -0.15) is 0 Å². The van der Waals surface area contributed by atoms with Crippen LogP contribution in [0.15, 0.2) is 12.5 Å². The molecule has 0 heterocycles. The monoisotopic (exact) mass is 200 g/mol. The van der Waals surface area contributed by atoms with Crippen LogP contribution in [0.4, 0.5) is 0 Å². The van der Waals surface area contributed by atoms with Crippen molar-refractivity contribution in [3.63, 3.8) is 0 Å². The zero-order valence-corrected chi connectivity index (χ0v) is 10.2. The van der Waals surface area contributed by atoms with E-state index in [-0.39, 0.29) is 5.60 Å². The van der Waals surface area contributed by atoms with Crippen molar-refractivity contribution in [3.8, 4) is 0 Å². The molecule has 0 aliphatic heterocycles. The largest absolute Gasteiger partial charge is 0.474 e. The predicted molar refractivity (Wildman–Crippen MR) is 61.2 cm³/mol. The minimum absolute atomic E-state index is 0.161. The second-order valence-electron chi connectivity index (χ2n) is 4.72. The first-order valence-electron chi connectivity index (χ1n) is 5.08. The van der Waals surface area contributed by atoms with Gasteiger partial charge in [0.05, 0.1) is 0 Å². The summed E-state index contributed by atoms with van der Waals surface area (Å²) in [5.41, 5.74) is -0.161. The zero-order chi connectivity index (χ0) is 11.2. The van der Waals surface area contributed by atoms with Crippen molar-refractivity contribution in [1.29, 1.82) is 0 Å². The Kier molecular flexibility index (Phi) is 5.62. The molecule has 1 N–H and O–H groups in total. The van der Waals surface area contributed by atoms with Crippen LogP contribution < -0.4 is 5.32 Å². The second kappa shape index (κ2) is 5.91. The Morgan fingerprint density at radius 2 is 1.93 bits per heavy atom. The van der Waals surface area contributed by atoms with E-state index in [9.17, 15) is 0 Å². The molecule has 3 nitrogen and oxygen atoms in total. The lowest BCUT2D eigenvalue weighted by molar-refractivity contribution is 0.0414. The van der Waals surface area contributed by atoms with Gasteiger partial charge in [0.2, 0.25) is 0 Å². The van der Waals surface area contributed by atoms with Gasteiger partial charge in [-0.3, -0.25) is 0 Å². The van der Waals surface area contributed by atoms with Crippen LogP contribution in [-0.4, -0.2) is 37.7 Å². The Morgan fingerprint density at radius 3 is 2.36 bits per heavy atom. The van der Waals surface area contributed by atoms with E-state index in [1.54, 1.807) is 0 Å². The van der Waals surface area contributed by atoms with E-state index in [4.69, 9.17) is 4.74 Å². The van der Waals surface area contributed by atoms with Crippen molar-refractivity contribution in [1.82, 2.24) is 10.2 Å². The van der Waals surface area contributed by atoms with Crippen LogP contribution in [0.1, 0.15) is 27.2 Å². The van der Waals surface area contributed by atoms with Gasteiger partial charge in [0.25, 0.3) is 0 Å². The fraction of sp³-hybridized carbons (Fsp3) is 0.818. The molecule has 0 aromatic carbocycles. The average Bonchev–Trinajstić information content (AvgIpc) is 1.94. The Morgan fingerprint density at radius 1 is 1.36 bits per heavy atom. The molecule has 0 saturated carbocycles. The summed E-state index contributed by atoms with van der Waals surface area (Å²) in [4.78, 5) is 2.16. The SMILES string of the molecule is C=C(NCCCN(C)C)OC(C)(C)C. The maximum Gasteiger partial charge on any atom is 0.179 e. The number of nitrogens with zero attached hydrogens (tertiary/aromatic N) is 1. The first-order valence-corrected chi connectivity index (χ1v) is 5.08. The third-order valence-electron chi connectivity index (χ3n) is 1.53. The lowest BCUT2D eigenvalue weighted by Crippen LogP contribution is -2.27. The summed E-state index contributed by atoms with van der Waals surface area (Å²) < 4.78 is 5.53. The van der Waals surface area contributed by atoms with E-state index in [1.807, 2.05) is 20.8 Å². The lowest BCUT2D eigenvalue weighted by atomic mass is 10.2. The molecule has 0 aromatic rings. The Bertz CT molecular complexity index is 171. The number of ether oxygens (including phenoxy) is 1. The molecule has 0 fully saturated rings. The van der Waals surface area contributed by atoms with Gasteiger partial charge >= 0.3 is 0 Å². The quantitative estimate of drug-likeness (QED) is 0.523. The highest BCUT2D eigenvalue weighted by molar-refractivity contribution is 4.82. The highest BCUT2D eigenvalue weighted by atomic mass is 16.5. The Balaban J connectivity index is 3.46. The zero-order valence-electron chi connectivity index (χ0n) is 10.2. The maximum atomic E-state index is 5.53. The fourth-order valence-electron chi connectivity index (χ4n) is 1.03. The summed E-state index contributed by atoms with van der Waals surface area (Å²) in [6, 6.07) is 0. The van der Waals surface area contributed by atoms with Gasteiger partial charge in [0.15, 0.2) is 5.88 Å². The van der Waals surface area contributed by atoms with Crippen LogP contribution in [-0.2, 0) is 4.74 Å². The molecule has 84 valence electrons. The predicted octanol–water partition coefficient (Wildman–Crippen LogP) is 1.81. The molecular formula is C11H24N2O. The molecule has 14 heavy (non-hydrogen) atoms. The highest BCUT2D eigenvalue weighted by Crippen LogP contribution is 2.09. The van der Waals surface area contributed by atoms with Crippen LogP contribution in [0.25, 0.3) is 0 Å². The first-order chi connectivity index (χ1) is 6.31. The molecule has 0 unspecified atom stereocenters. The molecular weight excluding hydrogens is 176 g/mol.